The average Bonchev–Trinajstić information content (AvgIpc) is 3.21. The van der Waals surface area contributed by atoms with Gasteiger partial charge in [0.1, 0.15) is 26.9 Å². The number of benzene rings is 1. The van der Waals surface area contributed by atoms with Gasteiger partial charge in [-0.25, -0.2) is 9.78 Å². The van der Waals surface area contributed by atoms with Gasteiger partial charge in [-0.3, -0.25) is 14.9 Å². The molecule has 5 rings (SSSR count). The second-order valence-electron chi connectivity index (χ2n) is 8.87. The third-order valence-electron chi connectivity index (χ3n) is 6.53. The van der Waals surface area contributed by atoms with Gasteiger partial charge in [0.15, 0.2) is 5.78 Å². The van der Waals surface area contributed by atoms with Gasteiger partial charge >= 0.3 is 12.2 Å². The minimum atomic E-state index is -4.65. The number of piperidine rings is 1. The lowest BCUT2D eigenvalue weighted by molar-refractivity contribution is -0.140. The summed E-state index contributed by atoms with van der Waals surface area (Å²) in [7, 11) is 1.38. The Hall–Kier alpha value is -3.38. The van der Waals surface area contributed by atoms with Gasteiger partial charge in [0.2, 0.25) is 0 Å². The first-order valence-electron chi connectivity index (χ1n) is 11.3. The largest absolute Gasteiger partial charge is 0.486 e. The van der Waals surface area contributed by atoms with Crippen LogP contribution in [0, 0.1) is 0 Å². The summed E-state index contributed by atoms with van der Waals surface area (Å²) < 4.78 is 45.8. The van der Waals surface area contributed by atoms with E-state index in [4.69, 9.17) is 16.3 Å². The Kier molecular flexibility index (Phi) is 6.27. The van der Waals surface area contributed by atoms with Crippen LogP contribution in [0.4, 0.5) is 23.0 Å². The van der Waals surface area contributed by atoms with E-state index in [2.05, 4.69) is 15.6 Å². The second kappa shape index (κ2) is 9.18. The molecule has 0 aliphatic carbocycles. The maximum absolute atomic E-state index is 13.6. The standard InChI is InChI=1S/C24H20ClF3N4O4S/c1-29-22(35)31-20-18(13-3-5-17(24(26,27)28)30-19(13)37-20)21(34)32-8-6-23(7-9-32)11-15(33)14-10-12(25)2-4-16(14)36-23/h2-5,10H,6-9,11H2,1H3,(H2,29,31,35). The molecule has 0 radical (unpaired) electrons. The van der Waals surface area contributed by atoms with Crippen molar-refractivity contribution in [1.82, 2.24) is 15.2 Å². The van der Waals surface area contributed by atoms with E-state index >= 15 is 0 Å². The number of fused-ring (bicyclic) bond motifs is 2. The highest BCUT2D eigenvalue weighted by molar-refractivity contribution is 7.23. The molecule has 2 aliphatic heterocycles. The van der Waals surface area contributed by atoms with Gasteiger partial charge in [-0.15, -0.1) is 0 Å². The Labute approximate surface area is 217 Å². The molecule has 13 heteroatoms. The Morgan fingerprint density at radius 1 is 1.19 bits per heavy atom. The van der Waals surface area contributed by atoms with E-state index in [1.807, 2.05) is 0 Å². The number of halogens is 4. The zero-order valence-corrected chi connectivity index (χ0v) is 20.9. The molecule has 1 aromatic carbocycles. The molecule has 3 aromatic rings. The van der Waals surface area contributed by atoms with Gasteiger partial charge in [-0.1, -0.05) is 22.9 Å². The normalized spacial score (nSPS) is 16.9. The van der Waals surface area contributed by atoms with E-state index in [9.17, 15) is 27.6 Å². The van der Waals surface area contributed by atoms with Gasteiger partial charge in [0.05, 0.1) is 17.5 Å². The SMILES string of the molecule is CNC(=O)Nc1sc2nc(C(F)(F)F)ccc2c1C(=O)N1CCC2(CC1)CC(=O)c1cc(Cl)ccc1O2. The van der Waals surface area contributed by atoms with Crippen molar-refractivity contribution in [3.05, 3.63) is 52.2 Å². The topological polar surface area (TPSA) is 101 Å². The first-order valence-corrected chi connectivity index (χ1v) is 12.5. The first-order chi connectivity index (χ1) is 17.5. The number of nitrogens with zero attached hydrogens (tertiary/aromatic N) is 2. The van der Waals surface area contributed by atoms with Gasteiger partial charge in [-0.05, 0) is 30.3 Å². The zero-order chi connectivity index (χ0) is 26.5. The summed E-state index contributed by atoms with van der Waals surface area (Å²) in [5, 5.41) is 5.64. The molecule has 0 bridgehead atoms. The third kappa shape index (κ3) is 4.71. The van der Waals surface area contributed by atoms with E-state index in [0.29, 0.717) is 29.2 Å². The molecule has 4 heterocycles. The predicted molar refractivity (Wildman–Crippen MR) is 132 cm³/mol. The summed E-state index contributed by atoms with van der Waals surface area (Å²) in [6.45, 7) is 0.500. The molecule has 2 aliphatic rings. The fourth-order valence-corrected chi connectivity index (χ4v) is 5.86. The van der Waals surface area contributed by atoms with Gasteiger partial charge in [-0.2, -0.15) is 13.2 Å². The smallest absolute Gasteiger partial charge is 0.433 e. The number of rotatable bonds is 2. The van der Waals surface area contributed by atoms with Gasteiger partial charge < -0.3 is 15.0 Å². The number of ketones is 1. The number of hydrogen-bond donors (Lipinski definition) is 2. The molecule has 1 saturated heterocycles. The van der Waals surface area contributed by atoms with Crippen LogP contribution < -0.4 is 15.4 Å². The molecule has 0 atom stereocenters. The summed E-state index contributed by atoms with van der Waals surface area (Å²) in [6, 6.07) is 6.26. The summed E-state index contributed by atoms with van der Waals surface area (Å²) in [5.74, 6) is -0.0906. The molecule has 37 heavy (non-hydrogen) atoms. The Bertz CT molecular complexity index is 1430. The summed E-state index contributed by atoms with van der Waals surface area (Å²) >= 11 is 6.80. The van der Waals surface area contributed by atoms with E-state index < -0.39 is 29.4 Å². The fourth-order valence-electron chi connectivity index (χ4n) is 4.62. The molecular weight excluding hydrogens is 533 g/mol. The third-order valence-corrected chi connectivity index (χ3v) is 7.78. The number of pyridine rings is 1. The Balaban J connectivity index is 1.41. The van der Waals surface area contributed by atoms with Crippen LogP contribution in [0.15, 0.2) is 30.3 Å². The van der Waals surface area contributed by atoms with Gasteiger partial charge in [0, 0.05) is 43.4 Å². The number of carbonyl (C=O) groups excluding carboxylic acids is 3. The summed E-state index contributed by atoms with van der Waals surface area (Å²) in [5.41, 5.74) is -1.36. The number of amides is 3. The van der Waals surface area contributed by atoms with E-state index in [1.54, 1.807) is 23.1 Å². The van der Waals surface area contributed by atoms with Crippen LogP contribution >= 0.6 is 22.9 Å². The number of anilines is 1. The van der Waals surface area contributed by atoms with Crippen molar-refractivity contribution in [3.63, 3.8) is 0 Å². The van der Waals surface area contributed by atoms with Crippen LogP contribution in [0.2, 0.25) is 5.02 Å². The number of aromatic nitrogens is 1. The lowest BCUT2D eigenvalue weighted by atomic mass is 9.82. The molecule has 0 unspecified atom stereocenters. The van der Waals surface area contributed by atoms with Gasteiger partial charge in [0.25, 0.3) is 5.91 Å². The molecule has 1 fully saturated rings. The lowest BCUT2D eigenvalue weighted by Crippen LogP contribution is -2.52. The van der Waals surface area contributed by atoms with Crippen molar-refractivity contribution in [3.8, 4) is 5.75 Å². The average molecular weight is 553 g/mol. The fraction of sp³-hybridized carbons (Fsp3) is 0.333. The number of hydrogen-bond acceptors (Lipinski definition) is 6. The Morgan fingerprint density at radius 3 is 2.59 bits per heavy atom. The van der Waals surface area contributed by atoms with Crippen LogP contribution in [0.25, 0.3) is 10.2 Å². The predicted octanol–water partition coefficient (Wildman–Crippen LogP) is 5.36. The highest BCUT2D eigenvalue weighted by atomic mass is 35.5. The molecule has 194 valence electrons. The number of likely N-dealkylation sites (tertiary alicyclic amines) is 1. The van der Waals surface area contributed by atoms with E-state index in [0.717, 1.165) is 17.4 Å². The quantitative estimate of drug-likeness (QED) is 0.446. The minimum Gasteiger partial charge on any atom is -0.486 e. The van der Waals surface area contributed by atoms with Crippen molar-refractivity contribution in [1.29, 1.82) is 0 Å². The highest BCUT2D eigenvalue weighted by Crippen LogP contribution is 2.42. The van der Waals surface area contributed by atoms with Crippen LogP contribution in [0.5, 0.6) is 5.75 Å². The number of Topliss-reactive ketones (excluding diaryl/α,β-unsaturated/α-hetero) is 1. The number of nitrogens with one attached hydrogen (secondary N) is 2. The lowest BCUT2D eigenvalue weighted by Gasteiger charge is -2.44. The van der Waals surface area contributed by atoms with Crippen LogP contribution in [0.1, 0.15) is 45.7 Å². The zero-order valence-electron chi connectivity index (χ0n) is 19.4. The molecular formula is C24H20ClF3N4O4S. The number of alkyl halides is 3. The molecule has 2 N–H and O–H groups in total. The minimum absolute atomic E-state index is 0.0189. The molecule has 8 nitrogen and oxygen atoms in total. The maximum atomic E-state index is 13.6. The molecule has 1 spiro atoms. The first kappa shape index (κ1) is 25.3. The maximum Gasteiger partial charge on any atom is 0.433 e. The van der Waals surface area contributed by atoms with Crippen molar-refractivity contribution >= 4 is 55.9 Å². The van der Waals surface area contributed by atoms with Crippen LogP contribution in [0.3, 0.4) is 0 Å². The number of thiophene rings is 1. The monoisotopic (exact) mass is 552 g/mol. The molecule has 2 aromatic heterocycles. The van der Waals surface area contributed by atoms with Crippen LogP contribution in [-0.4, -0.2) is 53.3 Å². The molecule has 3 amide bonds. The van der Waals surface area contributed by atoms with Crippen molar-refractivity contribution in [2.75, 3.05) is 25.5 Å². The van der Waals surface area contributed by atoms with Crippen LogP contribution in [-0.2, 0) is 6.18 Å². The Morgan fingerprint density at radius 2 is 1.92 bits per heavy atom. The second-order valence-corrected chi connectivity index (χ2v) is 10.3. The van der Waals surface area contributed by atoms with Crippen molar-refractivity contribution in [2.24, 2.45) is 0 Å². The molecule has 0 saturated carbocycles. The highest BCUT2D eigenvalue weighted by Gasteiger charge is 2.44. The summed E-state index contributed by atoms with van der Waals surface area (Å²) in [4.78, 5) is 43.6. The van der Waals surface area contributed by atoms with Crippen molar-refractivity contribution in [2.45, 2.75) is 31.0 Å². The van der Waals surface area contributed by atoms with E-state index in [-0.39, 0.29) is 46.1 Å². The number of ether oxygens (including phenoxy) is 1. The van der Waals surface area contributed by atoms with Crippen molar-refractivity contribution < 1.29 is 32.3 Å². The summed E-state index contributed by atoms with van der Waals surface area (Å²) in [6.07, 6.45) is -3.75. The van der Waals surface area contributed by atoms with E-state index in [1.165, 1.54) is 13.1 Å². The number of carbonyl (C=O) groups is 3. The number of urea groups is 1.